The molecule has 2 unspecified atom stereocenters. The lowest BCUT2D eigenvalue weighted by Crippen LogP contribution is -2.37. The maximum atomic E-state index is 13.8. The normalized spacial score (nSPS) is 17.6. The summed E-state index contributed by atoms with van der Waals surface area (Å²) in [4.78, 5) is 30.4. The Morgan fingerprint density at radius 2 is 1.56 bits per heavy atom. The minimum Gasteiger partial charge on any atom is -0.497 e. The first-order valence-corrected chi connectivity index (χ1v) is 11.4. The molecule has 3 aromatic carbocycles. The smallest absolute Gasteiger partial charge is 0.232 e. The monoisotopic (exact) mass is 478 g/mol. The molecule has 0 radical (unpaired) electrons. The van der Waals surface area contributed by atoms with Crippen molar-refractivity contribution in [1.29, 1.82) is 0 Å². The molecule has 2 atom stereocenters. The van der Waals surface area contributed by atoms with E-state index in [9.17, 15) is 9.59 Å². The minimum atomic E-state index is -0.577. The summed E-state index contributed by atoms with van der Waals surface area (Å²) in [5.74, 6) is 0.571. The Morgan fingerprint density at radius 3 is 2.15 bits per heavy atom. The third-order valence-corrected chi connectivity index (χ3v) is 6.55. The van der Waals surface area contributed by atoms with Crippen LogP contribution in [0, 0.1) is 12.8 Å². The van der Waals surface area contributed by atoms with Gasteiger partial charge in [0.15, 0.2) is 0 Å². The molecular formula is C27H27ClN2O4. The van der Waals surface area contributed by atoms with Crippen LogP contribution in [0.15, 0.2) is 66.7 Å². The van der Waals surface area contributed by atoms with E-state index in [0.29, 0.717) is 22.2 Å². The van der Waals surface area contributed by atoms with Gasteiger partial charge in [0.25, 0.3) is 0 Å². The lowest BCUT2D eigenvalue weighted by Gasteiger charge is -2.31. The summed E-state index contributed by atoms with van der Waals surface area (Å²) in [7, 11) is 4.93. The van der Waals surface area contributed by atoms with Crippen molar-refractivity contribution in [2.75, 3.05) is 31.1 Å². The molecule has 1 heterocycles. The van der Waals surface area contributed by atoms with Crippen molar-refractivity contribution in [3.63, 3.8) is 0 Å². The fraction of sp³-hybridized carbons (Fsp3) is 0.259. The Morgan fingerprint density at radius 1 is 0.971 bits per heavy atom. The van der Waals surface area contributed by atoms with Gasteiger partial charge in [-0.3, -0.25) is 9.59 Å². The molecule has 1 saturated heterocycles. The van der Waals surface area contributed by atoms with E-state index in [0.717, 1.165) is 16.8 Å². The quantitative estimate of drug-likeness (QED) is 0.474. The standard InChI is InChI=1S/C27H27ClN2O4/c1-17-5-8-19(28)15-24(17)29(2)27(32)23-16-25(31)30(20-9-13-22(34-4)14-10-20)26(23)18-6-11-21(33-3)12-7-18/h5-15,23,26H,16H2,1-4H3. The van der Waals surface area contributed by atoms with Crippen molar-refractivity contribution in [3.05, 3.63) is 82.9 Å². The number of carbonyl (C=O) groups is 2. The molecule has 7 heteroatoms. The third-order valence-electron chi connectivity index (χ3n) is 6.31. The molecular weight excluding hydrogens is 452 g/mol. The van der Waals surface area contributed by atoms with Crippen LogP contribution < -0.4 is 19.3 Å². The van der Waals surface area contributed by atoms with Gasteiger partial charge in [0, 0.05) is 29.9 Å². The number of rotatable bonds is 6. The zero-order chi connectivity index (χ0) is 24.4. The van der Waals surface area contributed by atoms with Crippen LogP contribution in [-0.2, 0) is 9.59 Å². The molecule has 4 rings (SSSR count). The lowest BCUT2D eigenvalue weighted by atomic mass is 9.91. The van der Waals surface area contributed by atoms with E-state index in [4.69, 9.17) is 21.1 Å². The van der Waals surface area contributed by atoms with Crippen LogP contribution in [-0.4, -0.2) is 33.1 Å². The highest BCUT2D eigenvalue weighted by Gasteiger charge is 2.46. The second-order valence-electron chi connectivity index (χ2n) is 8.32. The zero-order valence-electron chi connectivity index (χ0n) is 19.6. The van der Waals surface area contributed by atoms with Gasteiger partial charge in [0.2, 0.25) is 11.8 Å². The average molecular weight is 479 g/mol. The lowest BCUT2D eigenvalue weighted by molar-refractivity contribution is -0.124. The van der Waals surface area contributed by atoms with Gasteiger partial charge in [-0.05, 0) is 66.6 Å². The van der Waals surface area contributed by atoms with Gasteiger partial charge in [-0.15, -0.1) is 0 Å². The Hall–Kier alpha value is -3.51. The largest absolute Gasteiger partial charge is 0.497 e. The van der Waals surface area contributed by atoms with Gasteiger partial charge in [-0.25, -0.2) is 0 Å². The molecule has 0 saturated carbocycles. The molecule has 176 valence electrons. The van der Waals surface area contributed by atoms with E-state index in [1.54, 1.807) is 43.2 Å². The first-order chi connectivity index (χ1) is 16.3. The number of nitrogens with zero attached hydrogens (tertiary/aromatic N) is 2. The Balaban J connectivity index is 1.75. The van der Waals surface area contributed by atoms with Crippen LogP contribution >= 0.6 is 11.6 Å². The van der Waals surface area contributed by atoms with Crippen LogP contribution in [0.1, 0.15) is 23.6 Å². The predicted molar refractivity (Wildman–Crippen MR) is 134 cm³/mol. The summed E-state index contributed by atoms with van der Waals surface area (Å²) < 4.78 is 10.6. The van der Waals surface area contributed by atoms with Gasteiger partial charge >= 0.3 is 0 Å². The number of ether oxygens (including phenoxy) is 2. The molecule has 1 aliphatic heterocycles. The number of carbonyl (C=O) groups excluding carboxylic acids is 2. The van der Waals surface area contributed by atoms with Crippen molar-refractivity contribution < 1.29 is 19.1 Å². The van der Waals surface area contributed by atoms with E-state index < -0.39 is 12.0 Å². The molecule has 0 spiro atoms. The molecule has 1 fully saturated rings. The summed E-state index contributed by atoms with van der Waals surface area (Å²) in [6.45, 7) is 1.93. The minimum absolute atomic E-state index is 0.103. The van der Waals surface area contributed by atoms with Crippen molar-refractivity contribution in [1.82, 2.24) is 0 Å². The number of aryl methyl sites for hydroxylation is 1. The van der Waals surface area contributed by atoms with E-state index in [1.165, 1.54) is 0 Å². The fourth-order valence-corrected chi connectivity index (χ4v) is 4.66. The molecule has 2 amide bonds. The molecule has 0 aliphatic carbocycles. The van der Waals surface area contributed by atoms with Crippen molar-refractivity contribution >= 4 is 34.8 Å². The number of hydrogen-bond donors (Lipinski definition) is 0. The van der Waals surface area contributed by atoms with Crippen LogP contribution in [0.2, 0.25) is 5.02 Å². The Kier molecular flexibility index (Phi) is 6.80. The first kappa shape index (κ1) is 23.6. The number of halogens is 1. The van der Waals surface area contributed by atoms with Gasteiger partial charge in [-0.1, -0.05) is 29.8 Å². The second-order valence-corrected chi connectivity index (χ2v) is 8.75. The van der Waals surface area contributed by atoms with Gasteiger partial charge in [-0.2, -0.15) is 0 Å². The molecule has 0 N–H and O–H groups in total. The molecule has 1 aliphatic rings. The topological polar surface area (TPSA) is 59.1 Å². The van der Waals surface area contributed by atoms with Crippen LogP contribution in [0.25, 0.3) is 0 Å². The van der Waals surface area contributed by atoms with Gasteiger partial charge in [0.05, 0.1) is 26.2 Å². The van der Waals surface area contributed by atoms with Crippen molar-refractivity contribution in [2.24, 2.45) is 5.92 Å². The number of anilines is 2. The number of methoxy groups -OCH3 is 2. The van der Waals surface area contributed by atoms with E-state index in [1.807, 2.05) is 61.5 Å². The maximum absolute atomic E-state index is 13.8. The molecule has 0 aromatic heterocycles. The molecule has 6 nitrogen and oxygen atoms in total. The number of amides is 2. The summed E-state index contributed by atoms with van der Waals surface area (Å²) in [6.07, 6.45) is 0.103. The Labute approximate surface area is 204 Å². The van der Waals surface area contributed by atoms with E-state index >= 15 is 0 Å². The molecule has 34 heavy (non-hydrogen) atoms. The van der Waals surface area contributed by atoms with E-state index in [2.05, 4.69) is 0 Å². The SMILES string of the molecule is COc1ccc(C2C(C(=O)N(C)c3cc(Cl)ccc3C)CC(=O)N2c2ccc(OC)cc2)cc1. The number of hydrogen-bond acceptors (Lipinski definition) is 4. The average Bonchev–Trinajstić information content (AvgIpc) is 3.21. The van der Waals surface area contributed by atoms with Gasteiger partial charge in [0.1, 0.15) is 11.5 Å². The highest BCUT2D eigenvalue weighted by Crippen LogP contribution is 2.43. The molecule has 3 aromatic rings. The van der Waals surface area contributed by atoms with Crippen LogP contribution in [0.5, 0.6) is 11.5 Å². The first-order valence-electron chi connectivity index (χ1n) is 11.0. The number of benzene rings is 3. The highest BCUT2D eigenvalue weighted by atomic mass is 35.5. The maximum Gasteiger partial charge on any atom is 0.232 e. The van der Waals surface area contributed by atoms with Crippen LogP contribution in [0.4, 0.5) is 11.4 Å². The fourth-order valence-electron chi connectivity index (χ4n) is 4.50. The van der Waals surface area contributed by atoms with E-state index in [-0.39, 0.29) is 18.2 Å². The van der Waals surface area contributed by atoms with Gasteiger partial charge < -0.3 is 19.3 Å². The third kappa shape index (κ3) is 4.46. The highest BCUT2D eigenvalue weighted by molar-refractivity contribution is 6.31. The predicted octanol–water partition coefficient (Wildman–Crippen LogP) is 5.42. The summed E-state index contributed by atoms with van der Waals surface area (Å²) in [6, 6.07) is 19.8. The van der Waals surface area contributed by atoms with Crippen LogP contribution in [0.3, 0.4) is 0 Å². The molecule has 0 bridgehead atoms. The summed E-state index contributed by atoms with van der Waals surface area (Å²) in [5, 5.41) is 0.550. The summed E-state index contributed by atoms with van der Waals surface area (Å²) >= 11 is 6.21. The summed E-state index contributed by atoms with van der Waals surface area (Å²) in [5.41, 5.74) is 3.22. The second kappa shape index (κ2) is 9.77. The Bertz CT molecular complexity index is 1190. The van der Waals surface area contributed by atoms with Crippen molar-refractivity contribution in [2.45, 2.75) is 19.4 Å². The van der Waals surface area contributed by atoms with Crippen molar-refractivity contribution in [3.8, 4) is 11.5 Å². The zero-order valence-corrected chi connectivity index (χ0v) is 20.4.